The van der Waals surface area contributed by atoms with Crippen LogP contribution in [0.15, 0.2) is 0 Å². The van der Waals surface area contributed by atoms with Crippen LogP contribution in [0.5, 0.6) is 0 Å². The lowest BCUT2D eigenvalue weighted by molar-refractivity contribution is 0.387. The molecule has 0 aromatic carbocycles. The Morgan fingerprint density at radius 2 is 2.40 bits per heavy atom. The number of nitrogens with zero attached hydrogens (tertiary/aromatic N) is 1. The Morgan fingerprint density at radius 3 is 2.90 bits per heavy atom. The quantitative estimate of drug-likeness (QED) is 0.619. The lowest BCUT2D eigenvalue weighted by Gasteiger charge is -2.08. The van der Waals surface area contributed by atoms with E-state index in [2.05, 4.69) is 17.3 Å². The van der Waals surface area contributed by atoms with E-state index in [1.807, 2.05) is 7.05 Å². The van der Waals surface area contributed by atoms with Gasteiger partial charge in [0.15, 0.2) is 0 Å². The summed E-state index contributed by atoms with van der Waals surface area (Å²) in [6, 6.07) is 0. The molecule has 0 amide bonds. The summed E-state index contributed by atoms with van der Waals surface area (Å²) in [5.41, 5.74) is 0. The van der Waals surface area contributed by atoms with Crippen LogP contribution in [0, 0.1) is 5.92 Å². The summed E-state index contributed by atoms with van der Waals surface area (Å²) in [6.07, 6.45) is 2.75. The monoisotopic (exact) mass is 142 g/mol. The highest BCUT2D eigenvalue weighted by molar-refractivity contribution is 4.72. The van der Waals surface area contributed by atoms with E-state index in [-0.39, 0.29) is 0 Å². The SMILES string of the molecule is CNCC[C@@H]1CCN(C)C1. The average Bonchev–Trinajstić information content (AvgIpc) is 2.31. The van der Waals surface area contributed by atoms with Gasteiger partial charge in [-0.1, -0.05) is 0 Å². The highest BCUT2D eigenvalue weighted by Gasteiger charge is 2.17. The Hall–Kier alpha value is -0.0800. The first kappa shape index (κ1) is 8.02. The molecule has 0 aromatic heterocycles. The van der Waals surface area contributed by atoms with Gasteiger partial charge in [0.2, 0.25) is 0 Å². The summed E-state index contributed by atoms with van der Waals surface area (Å²) in [6.45, 7) is 3.79. The zero-order chi connectivity index (χ0) is 7.40. The average molecular weight is 142 g/mol. The number of nitrogens with one attached hydrogen (secondary N) is 1. The zero-order valence-corrected chi connectivity index (χ0v) is 7.06. The fourth-order valence-electron chi connectivity index (χ4n) is 1.61. The van der Waals surface area contributed by atoms with Crippen molar-refractivity contribution in [3.63, 3.8) is 0 Å². The predicted molar refractivity (Wildman–Crippen MR) is 44.1 cm³/mol. The zero-order valence-electron chi connectivity index (χ0n) is 7.06. The van der Waals surface area contributed by atoms with Crippen molar-refractivity contribution in [3.05, 3.63) is 0 Å². The van der Waals surface area contributed by atoms with Crippen LogP contribution in [-0.2, 0) is 0 Å². The van der Waals surface area contributed by atoms with Crippen LogP contribution in [0.25, 0.3) is 0 Å². The van der Waals surface area contributed by atoms with Gasteiger partial charge in [-0.05, 0) is 45.9 Å². The van der Waals surface area contributed by atoms with E-state index in [4.69, 9.17) is 0 Å². The maximum absolute atomic E-state index is 3.19. The van der Waals surface area contributed by atoms with E-state index in [9.17, 15) is 0 Å². The maximum atomic E-state index is 3.19. The third-order valence-corrected chi connectivity index (χ3v) is 2.29. The van der Waals surface area contributed by atoms with Crippen molar-refractivity contribution >= 4 is 0 Å². The molecule has 1 N–H and O–H groups in total. The van der Waals surface area contributed by atoms with Gasteiger partial charge in [-0.2, -0.15) is 0 Å². The summed E-state index contributed by atoms with van der Waals surface area (Å²) >= 11 is 0. The molecular weight excluding hydrogens is 124 g/mol. The largest absolute Gasteiger partial charge is 0.320 e. The molecule has 1 atom stereocenters. The molecule has 2 nitrogen and oxygen atoms in total. The molecule has 1 aliphatic rings. The minimum absolute atomic E-state index is 0.956. The number of hydrogen-bond donors (Lipinski definition) is 1. The van der Waals surface area contributed by atoms with Crippen molar-refractivity contribution in [1.29, 1.82) is 0 Å². The van der Waals surface area contributed by atoms with Gasteiger partial charge in [-0.15, -0.1) is 0 Å². The lowest BCUT2D eigenvalue weighted by Crippen LogP contribution is -2.17. The second-order valence-electron chi connectivity index (χ2n) is 3.31. The Kier molecular flexibility index (Phi) is 3.16. The minimum Gasteiger partial charge on any atom is -0.320 e. The van der Waals surface area contributed by atoms with Crippen molar-refractivity contribution in [3.8, 4) is 0 Å². The Bertz CT molecular complexity index is 93.3. The van der Waals surface area contributed by atoms with Gasteiger partial charge in [0.1, 0.15) is 0 Å². The van der Waals surface area contributed by atoms with Gasteiger partial charge in [0.05, 0.1) is 0 Å². The summed E-state index contributed by atoms with van der Waals surface area (Å²) in [7, 11) is 4.23. The molecule has 0 aromatic rings. The van der Waals surface area contributed by atoms with Crippen molar-refractivity contribution in [1.82, 2.24) is 10.2 Å². The van der Waals surface area contributed by atoms with E-state index < -0.39 is 0 Å². The first-order valence-electron chi connectivity index (χ1n) is 4.16. The van der Waals surface area contributed by atoms with Gasteiger partial charge in [0, 0.05) is 6.54 Å². The van der Waals surface area contributed by atoms with Crippen LogP contribution in [0.2, 0.25) is 0 Å². The molecule has 60 valence electrons. The van der Waals surface area contributed by atoms with Crippen molar-refractivity contribution in [2.24, 2.45) is 5.92 Å². The molecular formula is C8H18N2. The molecule has 0 bridgehead atoms. The molecule has 1 fully saturated rings. The second-order valence-corrected chi connectivity index (χ2v) is 3.31. The van der Waals surface area contributed by atoms with Crippen LogP contribution < -0.4 is 5.32 Å². The lowest BCUT2D eigenvalue weighted by atomic mass is 10.1. The molecule has 1 heterocycles. The number of likely N-dealkylation sites (tertiary alicyclic amines) is 1. The summed E-state index contributed by atoms with van der Waals surface area (Å²) < 4.78 is 0. The first-order valence-corrected chi connectivity index (χ1v) is 4.16. The molecule has 0 unspecified atom stereocenters. The molecule has 10 heavy (non-hydrogen) atoms. The molecule has 0 aliphatic carbocycles. The molecule has 2 heteroatoms. The van der Waals surface area contributed by atoms with Gasteiger partial charge in [-0.3, -0.25) is 0 Å². The maximum Gasteiger partial charge on any atom is 0.000756 e. The van der Waals surface area contributed by atoms with E-state index in [0.717, 1.165) is 5.92 Å². The van der Waals surface area contributed by atoms with Gasteiger partial charge in [-0.25, -0.2) is 0 Å². The number of rotatable bonds is 3. The highest BCUT2D eigenvalue weighted by atomic mass is 15.1. The van der Waals surface area contributed by atoms with Gasteiger partial charge in [0.25, 0.3) is 0 Å². The van der Waals surface area contributed by atoms with E-state index >= 15 is 0 Å². The van der Waals surface area contributed by atoms with E-state index in [1.54, 1.807) is 0 Å². The Balaban J connectivity index is 2.06. The van der Waals surface area contributed by atoms with Crippen LogP contribution in [-0.4, -0.2) is 38.6 Å². The van der Waals surface area contributed by atoms with Gasteiger partial charge < -0.3 is 10.2 Å². The molecule has 0 spiro atoms. The highest BCUT2D eigenvalue weighted by Crippen LogP contribution is 2.16. The summed E-state index contributed by atoms with van der Waals surface area (Å²) in [5.74, 6) is 0.956. The third-order valence-electron chi connectivity index (χ3n) is 2.29. The second kappa shape index (κ2) is 3.94. The molecule has 1 rings (SSSR count). The van der Waals surface area contributed by atoms with E-state index in [1.165, 1.54) is 32.5 Å². The predicted octanol–water partition coefficient (Wildman–Crippen LogP) is 0.548. The van der Waals surface area contributed by atoms with Crippen LogP contribution in [0.1, 0.15) is 12.8 Å². The Morgan fingerprint density at radius 1 is 1.60 bits per heavy atom. The smallest absolute Gasteiger partial charge is 0.000756 e. The summed E-state index contributed by atoms with van der Waals surface area (Å²) in [4.78, 5) is 2.42. The molecule has 0 radical (unpaired) electrons. The standard InChI is InChI=1S/C8H18N2/c1-9-5-3-8-4-6-10(2)7-8/h8-9H,3-7H2,1-2H3/t8-/m1/s1. The van der Waals surface area contributed by atoms with Crippen molar-refractivity contribution in [2.45, 2.75) is 12.8 Å². The normalized spacial score (nSPS) is 27.6. The topological polar surface area (TPSA) is 15.3 Å². The van der Waals surface area contributed by atoms with Crippen LogP contribution in [0.4, 0.5) is 0 Å². The van der Waals surface area contributed by atoms with Crippen molar-refractivity contribution in [2.75, 3.05) is 33.7 Å². The third kappa shape index (κ3) is 2.27. The number of hydrogen-bond acceptors (Lipinski definition) is 2. The minimum atomic E-state index is 0.956. The molecule has 1 saturated heterocycles. The molecule has 0 saturated carbocycles. The van der Waals surface area contributed by atoms with Crippen LogP contribution >= 0.6 is 0 Å². The van der Waals surface area contributed by atoms with Crippen molar-refractivity contribution < 1.29 is 0 Å². The van der Waals surface area contributed by atoms with Crippen LogP contribution in [0.3, 0.4) is 0 Å². The van der Waals surface area contributed by atoms with Gasteiger partial charge >= 0.3 is 0 Å². The van der Waals surface area contributed by atoms with E-state index in [0.29, 0.717) is 0 Å². The molecule has 1 aliphatic heterocycles. The fourth-order valence-corrected chi connectivity index (χ4v) is 1.61. The fraction of sp³-hybridized carbons (Fsp3) is 1.00. The Labute approximate surface area is 63.6 Å². The first-order chi connectivity index (χ1) is 4.83. The summed E-state index contributed by atoms with van der Waals surface area (Å²) in [5, 5.41) is 3.19.